The van der Waals surface area contributed by atoms with Gasteiger partial charge in [0.05, 0.1) is 14.4 Å². The Balaban J connectivity index is 2.31. The van der Waals surface area contributed by atoms with Gasteiger partial charge in [0.15, 0.2) is 0 Å². The molecule has 2 aromatic rings. The van der Waals surface area contributed by atoms with E-state index in [1.165, 1.54) is 11.3 Å². The zero-order valence-corrected chi connectivity index (χ0v) is 13.9. The van der Waals surface area contributed by atoms with Crippen LogP contribution in [0.5, 0.6) is 0 Å². The minimum Gasteiger partial charge on any atom is -0.313 e. The maximum atomic E-state index is 6.26. The number of nitrogens with one attached hydrogen (secondary N) is 1. The van der Waals surface area contributed by atoms with Crippen molar-refractivity contribution in [1.29, 1.82) is 0 Å². The van der Waals surface area contributed by atoms with E-state index in [1.807, 2.05) is 27.1 Å². The number of thiophene rings is 1. The molecule has 0 aliphatic heterocycles. The molecule has 0 aliphatic carbocycles. The van der Waals surface area contributed by atoms with Gasteiger partial charge in [0.1, 0.15) is 5.15 Å². The standard InChI is InChI=1S/C12H14Cl3N3S/c1-6-7(11(14)18(3)17-6)4-9(16-2)8-5-10(13)19-12(8)15/h5,9,16H,4H2,1-3H3. The number of nitrogens with zero attached hydrogens (tertiary/aromatic N) is 2. The van der Waals surface area contributed by atoms with Gasteiger partial charge in [-0.25, -0.2) is 0 Å². The van der Waals surface area contributed by atoms with E-state index < -0.39 is 0 Å². The summed E-state index contributed by atoms with van der Waals surface area (Å²) in [6, 6.07) is 1.96. The van der Waals surface area contributed by atoms with Crippen molar-refractivity contribution < 1.29 is 0 Å². The molecule has 0 aliphatic rings. The molecule has 0 spiro atoms. The van der Waals surface area contributed by atoms with Gasteiger partial charge in [0.25, 0.3) is 0 Å². The second-order valence-corrected chi connectivity index (χ2v) is 6.95. The molecule has 3 nitrogen and oxygen atoms in total. The minimum atomic E-state index is 0.0663. The normalized spacial score (nSPS) is 12.9. The third-order valence-electron chi connectivity index (χ3n) is 3.09. The Hall–Kier alpha value is -0.260. The molecule has 2 rings (SSSR count). The molecule has 0 aromatic carbocycles. The Bertz CT molecular complexity index is 591. The summed E-state index contributed by atoms with van der Waals surface area (Å²) in [7, 11) is 3.73. The Morgan fingerprint density at radius 1 is 1.42 bits per heavy atom. The predicted molar refractivity (Wildman–Crippen MR) is 82.8 cm³/mol. The van der Waals surface area contributed by atoms with E-state index in [0.717, 1.165) is 23.2 Å². The molecule has 7 heteroatoms. The van der Waals surface area contributed by atoms with E-state index in [9.17, 15) is 0 Å². The van der Waals surface area contributed by atoms with Crippen molar-refractivity contribution in [2.45, 2.75) is 19.4 Å². The van der Waals surface area contributed by atoms with Crippen molar-refractivity contribution in [3.63, 3.8) is 0 Å². The lowest BCUT2D eigenvalue weighted by Gasteiger charge is -2.15. The van der Waals surface area contributed by atoms with Gasteiger partial charge < -0.3 is 5.32 Å². The summed E-state index contributed by atoms with van der Waals surface area (Å²) in [5.41, 5.74) is 2.96. The molecule has 0 saturated carbocycles. The van der Waals surface area contributed by atoms with Crippen LogP contribution in [0, 0.1) is 6.92 Å². The van der Waals surface area contributed by atoms with Gasteiger partial charge in [-0.3, -0.25) is 4.68 Å². The number of hydrogen-bond acceptors (Lipinski definition) is 3. The van der Waals surface area contributed by atoms with Gasteiger partial charge >= 0.3 is 0 Å². The molecule has 0 bridgehead atoms. The lowest BCUT2D eigenvalue weighted by atomic mass is 10.0. The lowest BCUT2D eigenvalue weighted by molar-refractivity contribution is 0.592. The molecule has 0 fully saturated rings. The Morgan fingerprint density at radius 3 is 2.53 bits per heavy atom. The highest BCUT2D eigenvalue weighted by Crippen LogP contribution is 2.37. The third kappa shape index (κ3) is 3.09. The van der Waals surface area contributed by atoms with Crippen molar-refractivity contribution in [2.24, 2.45) is 7.05 Å². The fourth-order valence-corrected chi connectivity index (χ4v) is 3.90. The van der Waals surface area contributed by atoms with Gasteiger partial charge in [0, 0.05) is 24.2 Å². The summed E-state index contributed by atoms with van der Waals surface area (Å²) >= 11 is 19.8. The van der Waals surface area contributed by atoms with Gasteiger partial charge in [-0.05, 0) is 26.5 Å². The van der Waals surface area contributed by atoms with Crippen LogP contribution in [-0.2, 0) is 13.5 Å². The van der Waals surface area contributed by atoms with Crippen molar-refractivity contribution in [3.8, 4) is 0 Å². The van der Waals surface area contributed by atoms with E-state index in [0.29, 0.717) is 13.8 Å². The highest BCUT2D eigenvalue weighted by atomic mass is 35.5. The van der Waals surface area contributed by atoms with Crippen LogP contribution >= 0.6 is 46.1 Å². The Kier molecular flexibility index (Phi) is 4.79. The van der Waals surface area contributed by atoms with Crippen LogP contribution in [0.1, 0.15) is 22.9 Å². The summed E-state index contributed by atoms with van der Waals surface area (Å²) in [6.07, 6.45) is 0.724. The number of aromatic nitrogens is 2. The van der Waals surface area contributed by atoms with E-state index in [-0.39, 0.29) is 6.04 Å². The molecule has 1 atom stereocenters. The maximum Gasteiger partial charge on any atom is 0.130 e. The zero-order chi connectivity index (χ0) is 14.2. The van der Waals surface area contributed by atoms with Gasteiger partial charge in [-0.1, -0.05) is 34.8 Å². The predicted octanol–water partition coefficient (Wildman–Crippen LogP) is 4.25. The molecule has 1 N–H and O–H groups in total. The SMILES string of the molecule is CNC(Cc1c(C)nn(C)c1Cl)c1cc(Cl)sc1Cl. The highest BCUT2D eigenvalue weighted by molar-refractivity contribution is 7.20. The number of halogens is 3. The van der Waals surface area contributed by atoms with Gasteiger partial charge in [-0.15, -0.1) is 11.3 Å². The first-order chi connectivity index (χ1) is 8.93. The van der Waals surface area contributed by atoms with Crippen LogP contribution in [0.25, 0.3) is 0 Å². The van der Waals surface area contributed by atoms with Crippen LogP contribution in [-0.4, -0.2) is 16.8 Å². The molecular weight excluding hydrogens is 325 g/mol. The summed E-state index contributed by atoms with van der Waals surface area (Å²) in [4.78, 5) is 0. The number of hydrogen-bond donors (Lipinski definition) is 1. The number of likely N-dealkylation sites (N-methyl/N-ethyl adjacent to an activating group) is 1. The van der Waals surface area contributed by atoms with Crippen LogP contribution in [0.15, 0.2) is 6.07 Å². The first-order valence-electron chi connectivity index (χ1n) is 5.74. The molecular formula is C12H14Cl3N3S. The zero-order valence-electron chi connectivity index (χ0n) is 10.8. The summed E-state index contributed by atoms with van der Waals surface area (Å²) in [5, 5.41) is 8.23. The van der Waals surface area contributed by atoms with Crippen molar-refractivity contribution >= 4 is 46.1 Å². The van der Waals surface area contributed by atoms with Crippen molar-refractivity contribution in [1.82, 2.24) is 15.1 Å². The molecule has 104 valence electrons. The first-order valence-corrected chi connectivity index (χ1v) is 7.69. The molecule has 19 heavy (non-hydrogen) atoms. The molecule has 2 aromatic heterocycles. The average Bonchev–Trinajstić information content (AvgIpc) is 2.79. The monoisotopic (exact) mass is 337 g/mol. The van der Waals surface area contributed by atoms with Gasteiger partial charge in [0.2, 0.25) is 0 Å². The third-order valence-corrected chi connectivity index (χ3v) is 5.08. The fraction of sp³-hybridized carbons (Fsp3) is 0.417. The fourth-order valence-electron chi connectivity index (χ4n) is 2.07. The Labute approximate surface area is 131 Å². The first kappa shape index (κ1) is 15.1. The van der Waals surface area contributed by atoms with E-state index >= 15 is 0 Å². The maximum absolute atomic E-state index is 6.26. The second-order valence-electron chi connectivity index (χ2n) is 4.30. The van der Waals surface area contributed by atoms with Crippen molar-refractivity contribution in [3.05, 3.63) is 36.7 Å². The van der Waals surface area contributed by atoms with Crippen LogP contribution in [0.2, 0.25) is 13.8 Å². The molecule has 0 amide bonds. The second kappa shape index (κ2) is 6.02. The molecule has 1 unspecified atom stereocenters. The largest absolute Gasteiger partial charge is 0.313 e. The van der Waals surface area contributed by atoms with E-state index in [1.54, 1.807) is 4.68 Å². The van der Waals surface area contributed by atoms with E-state index in [4.69, 9.17) is 34.8 Å². The van der Waals surface area contributed by atoms with Crippen LogP contribution in [0.3, 0.4) is 0 Å². The smallest absolute Gasteiger partial charge is 0.130 e. The average molecular weight is 339 g/mol. The topological polar surface area (TPSA) is 29.9 Å². The number of aryl methyl sites for hydroxylation is 2. The van der Waals surface area contributed by atoms with E-state index in [2.05, 4.69) is 10.4 Å². The highest BCUT2D eigenvalue weighted by Gasteiger charge is 2.20. The molecule has 0 saturated heterocycles. The number of rotatable bonds is 4. The Morgan fingerprint density at radius 2 is 2.11 bits per heavy atom. The van der Waals surface area contributed by atoms with Crippen molar-refractivity contribution in [2.75, 3.05) is 7.05 Å². The lowest BCUT2D eigenvalue weighted by Crippen LogP contribution is -2.19. The minimum absolute atomic E-state index is 0.0663. The molecule has 0 radical (unpaired) electrons. The van der Waals surface area contributed by atoms with Crippen LogP contribution < -0.4 is 5.32 Å². The summed E-state index contributed by atoms with van der Waals surface area (Å²) in [5.74, 6) is 0. The molecule has 2 heterocycles. The quantitative estimate of drug-likeness (QED) is 0.903. The van der Waals surface area contributed by atoms with Gasteiger partial charge in [-0.2, -0.15) is 5.10 Å². The summed E-state index contributed by atoms with van der Waals surface area (Å²) in [6.45, 7) is 1.95. The van der Waals surface area contributed by atoms with Crippen LogP contribution in [0.4, 0.5) is 0 Å². The summed E-state index contributed by atoms with van der Waals surface area (Å²) < 4.78 is 3.08.